The molecule has 0 N–H and O–H groups in total. The summed E-state index contributed by atoms with van der Waals surface area (Å²) in [5, 5.41) is 0.713. The van der Waals surface area contributed by atoms with E-state index in [0.29, 0.717) is 11.9 Å². The van der Waals surface area contributed by atoms with Gasteiger partial charge >= 0.3 is 7.12 Å². The van der Waals surface area contributed by atoms with Crippen LogP contribution in [0.5, 0.6) is 0 Å². The quantitative estimate of drug-likeness (QED) is 0.633. The third-order valence-corrected chi connectivity index (χ3v) is 6.25. The van der Waals surface area contributed by atoms with Crippen LogP contribution in [-0.4, -0.2) is 31.6 Å². The van der Waals surface area contributed by atoms with Crippen LogP contribution in [-0.2, 0) is 18.4 Å². The lowest BCUT2D eigenvalue weighted by Gasteiger charge is -2.32. The lowest BCUT2D eigenvalue weighted by molar-refractivity contribution is 0.00578. The molecule has 1 fully saturated rings. The van der Waals surface area contributed by atoms with E-state index in [1.54, 1.807) is 6.66 Å². The Kier molecular flexibility index (Phi) is 4.43. The topological polar surface area (TPSA) is 44.8 Å². The van der Waals surface area contributed by atoms with Gasteiger partial charge in [0.05, 0.1) is 17.8 Å². The van der Waals surface area contributed by atoms with E-state index in [4.69, 9.17) is 13.8 Å². The van der Waals surface area contributed by atoms with Crippen molar-refractivity contribution in [2.45, 2.75) is 45.8 Å². The van der Waals surface area contributed by atoms with Crippen LogP contribution in [0.15, 0.2) is 24.3 Å². The predicted molar refractivity (Wildman–Crippen MR) is 86.9 cm³/mol. The van der Waals surface area contributed by atoms with E-state index in [-0.39, 0.29) is 11.2 Å². The lowest BCUT2D eigenvalue weighted by atomic mass is 9.79. The van der Waals surface area contributed by atoms with Gasteiger partial charge in [-0.2, -0.15) is 0 Å². The van der Waals surface area contributed by atoms with E-state index >= 15 is 0 Å². The average molecular weight is 310 g/mol. The minimum atomic E-state index is -2.73. The SMILES string of the molecule is CCOP(C)(=O)c1ccc(B2OC(C)(C)C(C)(C)O2)cc1. The molecule has 4 nitrogen and oxygen atoms in total. The van der Waals surface area contributed by atoms with E-state index in [0.717, 1.165) is 5.46 Å². The summed E-state index contributed by atoms with van der Waals surface area (Å²) in [4.78, 5) is 0. The molecule has 0 aliphatic carbocycles. The van der Waals surface area contributed by atoms with Gasteiger partial charge in [0.15, 0.2) is 0 Å². The summed E-state index contributed by atoms with van der Waals surface area (Å²) in [7, 11) is -3.13. The van der Waals surface area contributed by atoms with Crippen molar-refractivity contribution >= 4 is 25.3 Å². The summed E-state index contributed by atoms with van der Waals surface area (Å²) in [6.07, 6.45) is 0. The van der Waals surface area contributed by atoms with Crippen molar-refractivity contribution < 1.29 is 18.4 Å². The minimum absolute atomic E-state index is 0.359. The van der Waals surface area contributed by atoms with Gasteiger partial charge in [0.2, 0.25) is 7.37 Å². The first kappa shape index (κ1) is 16.8. The van der Waals surface area contributed by atoms with E-state index in [9.17, 15) is 4.57 Å². The Labute approximate surface area is 127 Å². The van der Waals surface area contributed by atoms with Crippen molar-refractivity contribution in [2.24, 2.45) is 0 Å². The second-order valence-electron chi connectivity index (χ2n) is 6.44. The maximum atomic E-state index is 12.4. The molecular formula is C15H24BO4P. The molecular weight excluding hydrogens is 286 g/mol. The Morgan fingerprint density at radius 1 is 1.10 bits per heavy atom. The highest BCUT2D eigenvalue weighted by molar-refractivity contribution is 7.66. The van der Waals surface area contributed by atoms with Gasteiger partial charge in [-0.15, -0.1) is 0 Å². The van der Waals surface area contributed by atoms with Crippen molar-refractivity contribution in [1.82, 2.24) is 0 Å². The van der Waals surface area contributed by atoms with Crippen LogP contribution in [0.3, 0.4) is 0 Å². The second kappa shape index (κ2) is 5.55. The molecule has 6 heteroatoms. The zero-order valence-electron chi connectivity index (χ0n) is 13.7. The summed E-state index contributed by atoms with van der Waals surface area (Å²) in [6, 6.07) is 7.45. The molecule has 1 aromatic carbocycles. The van der Waals surface area contributed by atoms with Crippen molar-refractivity contribution in [1.29, 1.82) is 0 Å². The van der Waals surface area contributed by atoms with E-state index < -0.39 is 14.5 Å². The first-order valence-electron chi connectivity index (χ1n) is 7.27. The summed E-state index contributed by atoms with van der Waals surface area (Å²) >= 11 is 0. The van der Waals surface area contributed by atoms with Crippen LogP contribution in [0.25, 0.3) is 0 Å². The van der Waals surface area contributed by atoms with E-state index in [1.807, 2.05) is 58.9 Å². The summed E-state index contributed by atoms with van der Waals surface area (Å²) in [5.74, 6) is 0. The molecule has 0 bridgehead atoms. The molecule has 1 unspecified atom stereocenters. The number of hydrogen-bond donors (Lipinski definition) is 0. The molecule has 0 amide bonds. The first-order chi connectivity index (χ1) is 9.59. The molecule has 1 aromatic rings. The van der Waals surface area contributed by atoms with Crippen LogP contribution in [0.1, 0.15) is 34.6 Å². The van der Waals surface area contributed by atoms with Crippen molar-refractivity contribution in [3.63, 3.8) is 0 Å². The van der Waals surface area contributed by atoms with E-state index in [1.165, 1.54) is 0 Å². The summed E-state index contributed by atoms with van der Waals surface area (Å²) < 4.78 is 29.7. The fraction of sp³-hybridized carbons (Fsp3) is 0.600. The summed E-state index contributed by atoms with van der Waals surface area (Å²) in [6.45, 7) is 12.0. The Morgan fingerprint density at radius 3 is 2.00 bits per heavy atom. The molecule has 2 rings (SSSR count). The molecule has 0 radical (unpaired) electrons. The molecule has 1 aliphatic heterocycles. The maximum absolute atomic E-state index is 12.4. The molecule has 0 saturated carbocycles. The highest BCUT2D eigenvalue weighted by Crippen LogP contribution is 2.41. The molecule has 116 valence electrons. The van der Waals surface area contributed by atoms with Crippen LogP contribution in [0, 0.1) is 0 Å². The van der Waals surface area contributed by atoms with Crippen molar-refractivity contribution in [3.05, 3.63) is 24.3 Å². The van der Waals surface area contributed by atoms with Gasteiger partial charge in [0, 0.05) is 12.0 Å². The molecule has 1 aliphatic rings. The van der Waals surface area contributed by atoms with Crippen LogP contribution in [0.2, 0.25) is 0 Å². The molecule has 1 heterocycles. The van der Waals surface area contributed by atoms with E-state index in [2.05, 4.69) is 0 Å². The number of benzene rings is 1. The van der Waals surface area contributed by atoms with Gasteiger partial charge in [0.1, 0.15) is 0 Å². The summed E-state index contributed by atoms with van der Waals surface area (Å²) in [5.41, 5.74) is 0.206. The average Bonchev–Trinajstić information content (AvgIpc) is 2.59. The monoisotopic (exact) mass is 310 g/mol. The third kappa shape index (κ3) is 3.27. The largest absolute Gasteiger partial charge is 0.494 e. The normalized spacial score (nSPS) is 23.0. The number of rotatable bonds is 4. The highest BCUT2D eigenvalue weighted by atomic mass is 31.2. The molecule has 0 spiro atoms. The van der Waals surface area contributed by atoms with Crippen LogP contribution in [0.4, 0.5) is 0 Å². The molecule has 1 saturated heterocycles. The van der Waals surface area contributed by atoms with Gasteiger partial charge in [-0.1, -0.05) is 12.1 Å². The Morgan fingerprint density at radius 2 is 1.57 bits per heavy atom. The molecule has 21 heavy (non-hydrogen) atoms. The predicted octanol–water partition coefficient (Wildman–Crippen LogP) is 2.56. The smallest absolute Gasteiger partial charge is 0.399 e. The van der Waals surface area contributed by atoms with Crippen LogP contribution < -0.4 is 10.8 Å². The maximum Gasteiger partial charge on any atom is 0.494 e. The third-order valence-electron chi connectivity index (χ3n) is 4.26. The lowest BCUT2D eigenvalue weighted by Crippen LogP contribution is -2.41. The highest BCUT2D eigenvalue weighted by Gasteiger charge is 2.51. The van der Waals surface area contributed by atoms with Crippen molar-refractivity contribution in [2.75, 3.05) is 13.3 Å². The van der Waals surface area contributed by atoms with Gasteiger partial charge in [-0.25, -0.2) is 0 Å². The first-order valence-corrected chi connectivity index (χ1v) is 9.34. The minimum Gasteiger partial charge on any atom is -0.399 e. The van der Waals surface area contributed by atoms with Gasteiger partial charge < -0.3 is 13.8 Å². The second-order valence-corrected chi connectivity index (χ2v) is 8.91. The fourth-order valence-electron chi connectivity index (χ4n) is 2.20. The zero-order valence-corrected chi connectivity index (χ0v) is 14.6. The van der Waals surface area contributed by atoms with Crippen LogP contribution >= 0.6 is 7.37 Å². The Balaban J connectivity index is 2.20. The number of hydrogen-bond acceptors (Lipinski definition) is 4. The Bertz CT molecular complexity index is 537. The molecule has 0 aromatic heterocycles. The van der Waals surface area contributed by atoms with Gasteiger partial charge in [-0.05, 0) is 52.2 Å². The standard InChI is InChI=1S/C15H24BO4P/c1-7-18-21(6,17)13-10-8-12(9-11-13)16-19-14(2,3)15(4,5)20-16/h8-11H,7H2,1-6H3. The van der Waals surface area contributed by atoms with Gasteiger partial charge in [-0.3, -0.25) is 4.57 Å². The Hall–Kier alpha value is -0.605. The molecule has 1 atom stereocenters. The zero-order chi connectivity index (χ0) is 15.9. The van der Waals surface area contributed by atoms with Crippen molar-refractivity contribution in [3.8, 4) is 0 Å². The fourth-order valence-corrected chi connectivity index (χ4v) is 3.53. The van der Waals surface area contributed by atoms with Gasteiger partial charge in [0.25, 0.3) is 0 Å².